The monoisotopic (exact) mass is 232 g/mol. The molecule has 0 aliphatic rings. The molecule has 0 N–H and O–H groups in total. The molecule has 0 aliphatic carbocycles. The summed E-state index contributed by atoms with van der Waals surface area (Å²) in [7, 11) is 0. The van der Waals surface area contributed by atoms with E-state index in [0.29, 0.717) is 12.8 Å². The van der Waals surface area contributed by atoms with Crippen LogP contribution in [0.15, 0.2) is 29.8 Å². The van der Waals surface area contributed by atoms with Gasteiger partial charge >= 0.3 is 0 Å². The first kappa shape index (κ1) is 11.0. The van der Waals surface area contributed by atoms with Gasteiger partial charge in [0, 0.05) is 30.1 Å². The van der Waals surface area contributed by atoms with Crippen LogP contribution in [-0.2, 0) is 17.6 Å². The van der Waals surface area contributed by atoms with Crippen molar-refractivity contribution in [2.75, 3.05) is 0 Å². The molecule has 0 spiro atoms. The summed E-state index contributed by atoms with van der Waals surface area (Å²) < 4.78 is 0. The van der Waals surface area contributed by atoms with Gasteiger partial charge in [-0.25, -0.2) is 4.98 Å². The van der Waals surface area contributed by atoms with Crippen molar-refractivity contribution >= 4 is 17.1 Å². The highest BCUT2D eigenvalue weighted by atomic mass is 32.1. The van der Waals surface area contributed by atoms with Crippen LogP contribution in [0.1, 0.15) is 16.4 Å². The Balaban J connectivity index is 1.95. The van der Waals surface area contributed by atoms with Crippen LogP contribution in [0, 0.1) is 6.92 Å². The summed E-state index contributed by atoms with van der Waals surface area (Å²) in [4.78, 5) is 20.1. The smallest absolute Gasteiger partial charge is 0.144 e. The molecule has 0 aromatic carbocycles. The van der Waals surface area contributed by atoms with E-state index in [-0.39, 0.29) is 5.78 Å². The van der Waals surface area contributed by atoms with Crippen molar-refractivity contribution in [3.8, 4) is 0 Å². The lowest BCUT2D eigenvalue weighted by molar-refractivity contribution is -0.117. The summed E-state index contributed by atoms with van der Waals surface area (Å²) in [6, 6.07) is 5.60. The van der Waals surface area contributed by atoms with E-state index in [1.807, 2.05) is 30.5 Å². The highest BCUT2D eigenvalue weighted by Gasteiger charge is 2.07. The Kier molecular flexibility index (Phi) is 3.41. The highest BCUT2D eigenvalue weighted by Crippen LogP contribution is 2.09. The van der Waals surface area contributed by atoms with E-state index in [9.17, 15) is 4.79 Å². The maximum absolute atomic E-state index is 11.7. The molecule has 0 atom stereocenters. The Morgan fingerprint density at radius 3 is 2.75 bits per heavy atom. The van der Waals surface area contributed by atoms with E-state index < -0.39 is 0 Å². The molecule has 0 saturated heterocycles. The summed E-state index contributed by atoms with van der Waals surface area (Å²) in [5.41, 5.74) is 1.68. The lowest BCUT2D eigenvalue weighted by Gasteiger charge is -1.98. The van der Waals surface area contributed by atoms with Gasteiger partial charge in [0.05, 0.1) is 10.7 Å². The van der Waals surface area contributed by atoms with Gasteiger partial charge in [-0.15, -0.1) is 11.3 Å². The SMILES string of the molecule is Cc1nc(CC(=O)Cc2ccccn2)cs1. The Hall–Kier alpha value is -1.55. The van der Waals surface area contributed by atoms with Crippen molar-refractivity contribution in [3.63, 3.8) is 0 Å². The number of aryl methyl sites for hydroxylation is 1. The largest absolute Gasteiger partial charge is 0.299 e. The molecule has 0 fully saturated rings. The number of hydrogen-bond acceptors (Lipinski definition) is 4. The van der Waals surface area contributed by atoms with E-state index >= 15 is 0 Å². The quantitative estimate of drug-likeness (QED) is 0.811. The van der Waals surface area contributed by atoms with Crippen LogP contribution in [0.2, 0.25) is 0 Å². The Bertz CT molecular complexity index is 479. The lowest BCUT2D eigenvalue weighted by atomic mass is 10.1. The molecule has 3 nitrogen and oxygen atoms in total. The zero-order valence-corrected chi connectivity index (χ0v) is 9.83. The maximum atomic E-state index is 11.7. The molecule has 0 unspecified atom stereocenters. The van der Waals surface area contributed by atoms with E-state index in [0.717, 1.165) is 16.4 Å². The van der Waals surface area contributed by atoms with Crippen LogP contribution < -0.4 is 0 Å². The minimum atomic E-state index is 0.156. The van der Waals surface area contributed by atoms with Crippen molar-refractivity contribution in [1.82, 2.24) is 9.97 Å². The van der Waals surface area contributed by atoms with Crippen LogP contribution in [0.4, 0.5) is 0 Å². The second kappa shape index (κ2) is 4.99. The minimum absolute atomic E-state index is 0.156. The Morgan fingerprint density at radius 2 is 2.12 bits per heavy atom. The Labute approximate surface area is 98.2 Å². The maximum Gasteiger partial charge on any atom is 0.144 e. The first-order valence-electron chi connectivity index (χ1n) is 5.06. The van der Waals surface area contributed by atoms with Crippen molar-refractivity contribution in [2.45, 2.75) is 19.8 Å². The van der Waals surface area contributed by atoms with Crippen LogP contribution in [0.25, 0.3) is 0 Å². The van der Waals surface area contributed by atoms with Gasteiger partial charge in [-0.2, -0.15) is 0 Å². The molecule has 16 heavy (non-hydrogen) atoms. The third kappa shape index (κ3) is 2.97. The molecule has 2 aromatic heterocycles. The molecule has 2 rings (SSSR count). The average molecular weight is 232 g/mol. The van der Waals surface area contributed by atoms with Gasteiger partial charge in [0.15, 0.2) is 0 Å². The number of aromatic nitrogens is 2. The molecular formula is C12H12N2OS. The summed E-state index contributed by atoms with van der Waals surface area (Å²) in [5, 5.41) is 2.94. The highest BCUT2D eigenvalue weighted by molar-refractivity contribution is 7.09. The van der Waals surface area contributed by atoms with E-state index in [2.05, 4.69) is 9.97 Å². The third-order valence-corrected chi connectivity index (χ3v) is 2.97. The number of ketones is 1. The van der Waals surface area contributed by atoms with Crippen LogP contribution in [0.3, 0.4) is 0 Å². The number of carbonyl (C=O) groups excluding carboxylic acids is 1. The number of hydrogen-bond donors (Lipinski definition) is 0. The number of Topliss-reactive ketones (excluding diaryl/α,β-unsaturated/α-hetero) is 1. The summed E-state index contributed by atoms with van der Waals surface area (Å²) in [6.45, 7) is 1.94. The second-order valence-electron chi connectivity index (χ2n) is 3.57. The van der Waals surface area contributed by atoms with Crippen molar-refractivity contribution in [2.24, 2.45) is 0 Å². The van der Waals surface area contributed by atoms with Gasteiger partial charge in [0.25, 0.3) is 0 Å². The van der Waals surface area contributed by atoms with Gasteiger partial charge in [-0.1, -0.05) is 6.07 Å². The van der Waals surface area contributed by atoms with Gasteiger partial charge in [0.2, 0.25) is 0 Å². The minimum Gasteiger partial charge on any atom is -0.299 e. The molecule has 2 aromatic rings. The van der Waals surface area contributed by atoms with Crippen molar-refractivity contribution < 1.29 is 4.79 Å². The zero-order chi connectivity index (χ0) is 11.4. The van der Waals surface area contributed by atoms with Crippen molar-refractivity contribution in [3.05, 3.63) is 46.2 Å². The van der Waals surface area contributed by atoms with E-state index in [1.54, 1.807) is 17.5 Å². The standard InChI is InChI=1S/C12H12N2OS/c1-9-14-11(8-16-9)7-12(15)6-10-4-2-3-5-13-10/h2-5,8H,6-7H2,1H3. The normalized spacial score (nSPS) is 10.3. The molecule has 4 heteroatoms. The number of nitrogens with zero attached hydrogens (tertiary/aromatic N) is 2. The number of pyridine rings is 1. The molecule has 0 bridgehead atoms. The van der Waals surface area contributed by atoms with Gasteiger partial charge in [0.1, 0.15) is 5.78 Å². The first-order valence-corrected chi connectivity index (χ1v) is 5.94. The first-order chi connectivity index (χ1) is 7.74. The van der Waals surface area contributed by atoms with E-state index in [1.165, 1.54) is 0 Å². The predicted octanol–water partition coefficient (Wildman–Crippen LogP) is 2.20. The molecule has 0 aliphatic heterocycles. The average Bonchev–Trinajstić information content (AvgIpc) is 2.65. The number of carbonyl (C=O) groups is 1. The van der Waals surface area contributed by atoms with Crippen LogP contribution >= 0.6 is 11.3 Å². The zero-order valence-electron chi connectivity index (χ0n) is 9.01. The fraction of sp³-hybridized carbons (Fsp3) is 0.250. The topological polar surface area (TPSA) is 42.9 Å². The molecular weight excluding hydrogens is 220 g/mol. The summed E-state index contributed by atoms with van der Waals surface area (Å²) in [5.74, 6) is 0.156. The molecule has 2 heterocycles. The second-order valence-corrected chi connectivity index (χ2v) is 4.63. The fourth-order valence-electron chi connectivity index (χ4n) is 1.46. The predicted molar refractivity (Wildman–Crippen MR) is 63.5 cm³/mol. The summed E-state index contributed by atoms with van der Waals surface area (Å²) >= 11 is 1.57. The molecule has 0 radical (unpaired) electrons. The van der Waals surface area contributed by atoms with Gasteiger partial charge < -0.3 is 0 Å². The van der Waals surface area contributed by atoms with E-state index in [4.69, 9.17) is 0 Å². The molecule has 0 saturated carbocycles. The lowest BCUT2D eigenvalue weighted by Crippen LogP contribution is -2.07. The van der Waals surface area contributed by atoms with Crippen LogP contribution in [0.5, 0.6) is 0 Å². The third-order valence-electron chi connectivity index (χ3n) is 2.15. The van der Waals surface area contributed by atoms with Gasteiger partial charge in [-0.05, 0) is 19.1 Å². The number of rotatable bonds is 4. The Morgan fingerprint density at radius 1 is 1.31 bits per heavy atom. The number of thiazole rings is 1. The fourth-order valence-corrected chi connectivity index (χ4v) is 2.07. The molecule has 0 amide bonds. The molecule has 82 valence electrons. The summed E-state index contributed by atoms with van der Waals surface area (Å²) in [6.07, 6.45) is 2.49. The van der Waals surface area contributed by atoms with Crippen molar-refractivity contribution in [1.29, 1.82) is 0 Å². The van der Waals surface area contributed by atoms with Crippen LogP contribution in [-0.4, -0.2) is 15.8 Å². The van der Waals surface area contributed by atoms with Gasteiger partial charge in [-0.3, -0.25) is 9.78 Å².